The summed E-state index contributed by atoms with van der Waals surface area (Å²) in [5.41, 5.74) is 0.441. The Morgan fingerprint density at radius 3 is 2.95 bits per heavy atom. The zero-order chi connectivity index (χ0) is 15.2. The van der Waals surface area contributed by atoms with Crippen LogP contribution in [-0.4, -0.2) is 11.5 Å². The number of rotatable bonds is 5. The zero-order valence-electron chi connectivity index (χ0n) is 12.3. The van der Waals surface area contributed by atoms with Gasteiger partial charge in [0, 0.05) is 6.54 Å². The summed E-state index contributed by atoms with van der Waals surface area (Å²) in [5, 5.41) is 23.2. The first kappa shape index (κ1) is 15.3. The Hall–Kier alpha value is -2.09. The lowest BCUT2D eigenvalue weighted by Gasteiger charge is -2.26. The lowest BCUT2D eigenvalue weighted by Crippen LogP contribution is -2.17. The molecule has 0 spiro atoms. The van der Waals surface area contributed by atoms with Crippen molar-refractivity contribution in [2.24, 2.45) is 11.8 Å². The third-order valence-corrected chi connectivity index (χ3v) is 4.25. The van der Waals surface area contributed by atoms with Crippen molar-refractivity contribution < 1.29 is 4.92 Å². The molecule has 1 aromatic rings. The minimum absolute atomic E-state index is 0.108. The maximum Gasteiger partial charge on any atom is 0.309 e. The topological polar surface area (TPSA) is 79.0 Å². The van der Waals surface area contributed by atoms with Gasteiger partial charge >= 0.3 is 5.69 Å². The molecule has 2 rings (SSSR count). The minimum atomic E-state index is -0.483. The van der Waals surface area contributed by atoms with Crippen LogP contribution in [-0.2, 0) is 0 Å². The average molecular weight is 287 g/mol. The molecule has 21 heavy (non-hydrogen) atoms. The molecule has 0 heterocycles. The maximum atomic E-state index is 11.1. The van der Waals surface area contributed by atoms with Crippen molar-refractivity contribution in [1.82, 2.24) is 0 Å². The minimum Gasteiger partial charge on any atom is -0.379 e. The van der Waals surface area contributed by atoms with Crippen LogP contribution in [0.2, 0.25) is 0 Å². The Morgan fingerprint density at radius 2 is 2.29 bits per heavy atom. The fourth-order valence-electron chi connectivity index (χ4n) is 3.21. The van der Waals surface area contributed by atoms with Crippen LogP contribution in [0.1, 0.15) is 44.6 Å². The van der Waals surface area contributed by atoms with Crippen molar-refractivity contribution in [1.29, 1.82) is 5.26 Å². The van der Waals surface area contributed by atoms with Gasteiger partial charge in [0.15, 0.2) is 0 Å². The van der Waals surface area contributed by atoms with E-state index >= 15 is 0 Å². The van der Waals surface area contributed by atoms with Crippen molar-refractivity contribution in [3.8, 4) is 6.07 Å². The summed E-state index contributed by atoms with van der Waals surface area (Å²) in [6.45, 7) is 3.01. The number of nitro benzene ring substituents is 1. The number of anilines is 1. The second kappa shape index (κ2) is 7.07. The molecule has 1 fully saturated rings. The standard InChI is InChI=1S/C16H21N3O2/c1-12-4-2-5-13(10-12)8-9-18-15-7-3-6-14(11-17)16(15)19(20)21/h3,6-7,12-13,18H,2,4-5,8-10H2,1H3. The fourth-order valence-corrected chi connectivity index (χ4v) is 3.21. The summed E-state index contributed by atoms with van der Waals surface area (Å²) in [7, 11) is 0. The number of hydrogen-bond donors (Lipinski definition) is 1. The van der Waals surface area contributed by atoms with Gasteiger partial charge in [0.05, 0.1) is 4.92 Å². The molecule has 0 aliphatic heterocycles. The predicted octanol–water partition coefficient (Wildman–Crippen LogP) is 4.09. The summed E-state index contributed by atoms with van der Waals surface area (Å²) in [5.74, 6) is 1.50. The van der Waals surface area contributed by atoms with Crippen molar-refractivity contribution in [3.05, 3.63) is 33.9 Å². The monoisotopic (exact) mass is 287 g/mol. The van der Waals surface area contributed by atoms with Gasteiger partial charge < -0.3 is 5.32 Å². The van der Waals surface area contributed by atoms with Gasteiger partial charge in [0.2, 0.25) is 0 Å². The molecule has 1 N–H and O–H groups in total. The van der Waals surface area contributed by atoms with Crippen LogP contribution in [0.25, 0.3) is 0 Å². The van der Waals surface area contributed by atoms with Crippen molar-refractivity contribution in [2.75, 3.05) is 11.9 Å². The summed E-state index contributed by atoms with van der Waals surface area (Å²) in [6, 6.07) is 6.71. The Kier molecular flexibility index (Phi) is 5.15. The van der Waals surface area contributed by atoms with E-state index < -0.39 is 4.92 Å². The van der Waals surface area contributed by atoms with Gasteiger partial charge in [-0.05, 0) is 36.8 Å². The van der Waals surface area contributed by atoms with E-state index in [0.29, 0.717) is 18.2 Å². The highest BCUT2D eigenvalue weighted by molar-refractivity contribution is 5.68. The Labute approximate surface area is 125 Å². The summed E-state index contributed by atoms with van der Waals surface area (Å²) < 4.78 is 0. The van der Waals surface area contributed by atoms with E-state index in [9.17, 15) is 10.1 Å². The molecule has 0 radical (unpaired) electrons. The van der Waals surface area contributed by atoms with E-state index in [0.717, 1.165) is 12.3 Å². The van der Waals surface area contributed by atoms with E-state index in [1.165, 1.54) is 31.7 Å². The van der Waals surface area contributed by atoms with Gasteiger partial charge in [-0.2, -0.15) is 5.26 Å². The van der Waals surface area contributed by atoms with E-state index in [4.69, 9.17) is 5.26 Å². The molecular formula is C16H21N3O2. The Bertz CT molecular complexity index is 551. The van der Waals surface area contributed by atoms with Gasteiger partial charge in [0.25, 0.3) is 0 Å². The molecule has 1 saturated carbocycles. The van der Waals surface area contributed by atoms with E-state index in [2.05, 4.69) is 12.2 Å². The number of nitrogens with zero attached hydrogens (tertiary/aromatic N) is 2. The normalized spacial score (nSPS) is 21.5. The zero-order valence-corrected chi connectivity index (χ0v) is 12.3. The third-order valence-electron chi connectivity index (χ3n) is 4.25. The molecule has 1 aromatic carbocycles. The molecule has 1 aliphatic carbocycles. The van der Waals surface area contributed by atoms with Crippen molar-refractivity contribution >= 4 is 11.4 Å². The largest absolute Gasteiger partial charge is 0.379 e. The van der Waals surface area contributed by atoms with Crippen LogP contribution >= 0.6 is 0 Å². The first-order valence-corrected chi connectivity index (χ1v) is 7.53. The molecular weight excluding hydrogens is 266 g/mol. The van der Waals surface area contributed by atoms with E-state index in [-0.39, 0.29) is 11.3 Å². The molecule has 112 valence electrons. The highest BCUT2D eigenvalue weighted by Crippen LogP contribution is 2.32. The predicted molar refractivity (Wildman–Crippen MR) is 82.0 cm³/mol. The third kappa shape index (κ3) is 3.94. The molecule has 0 saturated heterocycles. The van der Waals surface area contributed by atoms with Gasteiger partial charge in [-0.3, -0.25) is 10.1 Å². The van der Waals surface area contributed by atoms with E-state index in [1.54, 1.807) is 12.1 Å². The van der Waals surface area contributed by atoms with E-state index in [1.807, 2.05) is 6.07 Å². The second-order valence-electron chi connectivity index (χ2n) is 5.92. The lowest BCUT2D eigenvalue weighted by atomic mass is 9.81. The first-order chi connectivity index (χ1) is 10.1. The SMILES string of the molecule is CC1CCCC(CCNc2cccc(C#N)c2[N+](=O)[O-])C1. The lowest BCUT2D eigenvalue weighted by molar-refractivity contribution is -0.384. The van der Waals surface area contributed by atoms with Crippen LogP contribution in [0, 0.1) is 33.3 Å². The number of nitro groups is 1. The van der Waals surface area contributed by atoms with Gasteiger partial charge in [0.1, 0.15) is 17.3 Å². The molecule has 0 bridgehead atoms. The quantitative estimate of drug-likeness (QED) is 0.653. The average Bonchev–Trinajstić information content (AvgIpc) is 2.46. The van der Waals surface area contributed by atoms with Gasteiger partial charge in [-0.25, -0.2) is 0 Å². The van der Waals surface area contributed by atoms with Crippen LogP contribution < -0.4 is 5.32 Å². The number of nitriles is 1. The van der Waals surface area contributed by atoms with Crippen LogP contribution in [0.3, 0.4) is 0 Å². The molecule has 5 heteroatoms. The highest BCUT2D eigenvalue weighted by Gasteiger charge is 2.21. The highest BCUT2D eigenvalue weighted by atomic mass is 16.6. The number of nitrogens with one attached hydrogen (secondary N) is 1. The smallest absolute Gasteiger partial charge is 0.309 e. The molecule has 0 amide bonds. The molecule has 2 unspecified atom stereocenters. The second-order valence-corrected chi connectivity index (χ2v) is 5.92. The molecule has 2 atom stereocenters. The number of para-hydroxylation sites is 1. The van der Waals surface area contributed by atoms with Crippen LogP contribution in [0.4, 0.5) is 11.4 Å². The molecule has 1 aliphatic rings. The first-order valence-electron chi connectivity index (χ1n) is 7.53. The van der Waals surface area contributed by atoms with Gasteiger partial charge in [-0.15, -0.1) is 0 Å². The molecule has 0 aromatic heterocycles. The van der Waals surface area contributed by atoms with Crippen LogP contribution in [0.15, 0.2) is 18.2 Å². The summed E-state index contributed by atoms with van der Waals surface area (Å²) in [6.07, 6.45) is 6.14. The van der Waals surface area contributed by atoms with Crippen molar-refractivity contribution in [3.63, 3.8) is 0 Å². The number of hydrogen-bond acceptors (Lipinski definition) is 4. The van der Waals surface area contributed by atoms with Gasteiger partial charge in [-0.1, -0.05) is 32.3 Å². The molecule has 5 nitrogen and oxygen atoms in total. The fraction of sp³-hybridized carbons (Fsp3) is 0.562. The van der Waals surface area contributed by atoms with Crippen molar-refractivity contribution in [2.45, 2.75) is 39.0 Å². The summed E-state index contributed by atoms with van der Waals surface area (Å²) in [4.78, 5) is 10.6. The number of benzene rings is 1. The Morgan fingerprint density at radius 1 is 1.48 bits per heavy atom. The van der Waals surface area contributed by atoms with Crippen LogP contribution in [0.5, 0.6) is 0 Å². The Balaban J connectivity index is 1.97. The summed E-state index contributed by atoms with van der Waals surface area (Å²) >= 11 is 0. The maximum absolute atomic E-state index is 11.1.